The molecular formula is C17H16N2O4S. The van der Waals surface area contributed by atoms with E-state index in [0.717, 1.165) is 22.6 Å². The van der Waals surface area contributed by atoms with E-state index in [1.807, 2.05) is 31.2 Å². The highest BCUT2D eigenvalue weighted by atomic mass is 32.1. The predicted molar refractivity (Wildman–Crippen MR) is 92.3 cm³/mol. The Bertz CT molecular complexity index is 957. The minimum Gasteiger partial charge on any atom is -0.492 e. The summed E-state index contributed by atoms with van der Waals surface area (Å²) in [6.45, 7) is 4.32. The minimum absolute atomic E-state index is 0.000651. The van der Waals surface area contributed by atoms with Crippen LogP contribution in [-0.2, 0) is 6.54 Å². The number of aromatic carboxylic acids is 1. The second kappa shape index (κ2) is 6.45. The van der Waals surface area contributed by atoms with Gasteiger partial charge in [0.1, 0.15) is 23.0 Å². The van der Waals surface area contributed by atoms with Gasteiger partial charge in [-0.25, -0.2) is 9.78 Å². The number of benzene rings is 1. The molecule has 1 N–H and O–H groups in total. The molecule has 0 aliphatic heterocycles. The summed E-state index contributed by atoms with van der Waals surface area (Å²) in [4.78, 5) is 28.7. The average molecular weight is 344 g/mol. The molecule has 0 saturated carbocycles. The molecule has 0 fully saturated rings. The number of carboxylic acids is 1. The summed E-state index contributed by atoms with van der Waals surface area (Å²) in [5.41, 5.74) is 0.798. The van der Waals surface area contributed by atoms with Crippen molar-refractivity contribution in [2.75, 3.05) is 6.61 Å². The molecule has 7 heteroatoms. The standard InChI is InChI=1S/C17H16N2O4S/c1-10-3-5-12(6-4-10)23-8-7-19-11(2)18-15-14(16(19)20)13(9-24-15)17(21)22/h3-6,9H,7-8H2,1-2H3,(H,21,22). The number of nitrogens with zero attached hydrogens (tertiary/aromatic N) is 2. The molecule has 3 aromatic rings. The normalized spacial score (nSPS) is 10.9. The lowest BCUT2D eigenvalue weighted by Gasteiger charge is -2.11. The molecule has 6 nitrogen and oxygen atoms in total. The Labute approximate surface area is 142 Å². The van der Waals surface area contributed by atoms with Crippen LogP contribution in [0, 0.1) is 13.8 Å². The van der Waals surface area contributed by atoms with Gasteiger partial charge in [-0.05, 0) is 26.0 Å². The van der Waals surface area contributed by atoms with Gasteiger partial charge in [0.25, 0.3) is 5.56 Å². The average Bonchev–Trinajstić information content (AvgIpc) is 2.96. The Morgan fingerprint density at radius 2 is 2.00 bits per heavy atom. The zero-order valence-corrected chi connectivity index (χ0v) is 14.1. The van der Waals surface area contributed by atoms with Crippen LogP contribution in [0.15, 0.2) is 34.4 Å². The van der Waals surface area contributed by atoms with Gasteiger partial charge in [0.05, 0.1) is 17.5 Å². The predicted octanol–water partition coefficient (Wildman–Crippen LogP) is 2.85. The Balaban J connectivity index is 1.86. The Morgan fingerprint density at radius 3 is 2.67 bits per heavy atom. The Hall–Kier alpha value is -2.67. The number of aromatic nitrogens is 2. The Morgan fingerprint density at radius 1 is 1.29 bits per heavy atom. The highest BCUT2D eigenvalue weighted by Gasteiger charge is 2.18. The van der Waals surface area contributed by atoms with E-state index < -0.39 is 5.97 Å². The number of ether oxygens (including phenoxy) is 1. The molecular weight excluding hydrogens is 328 g/mol. The van der Waals surface area contributed by atoms with E-state index in [0.29, 0.717) is 23.8 Å². The third-order valence-corrected chi connectivity index (χ3v) is 4.59. The third kappa shape index (κ3) is 3.03. The second-order valence-corrected chi connectivity index (χ2v) is 6.27. The van der Waals surface area contributed by atoms with Crippen LogP contribution in [0.4, 0.5) is 0 Å². The molecule has 24 heavy (non-hydrogen) atoms. The first kappa shape index (κ1) is 16.2. The molecule has 1 aromatic carbocycles. The first-order valence-corrected chi connectivity index (χ1v) is 8.26. The number of fused-ring (bicyclic) bond motifs is 1. The van der Waals surface area contributed by atoms with Gasteiger partial charge in [0.15, 0.2) is 0 Å². The highest BCUT2D eigenvalue weighted by molar-refractivity contribution is 7.17. The van der Waals surface area contributed by atoms with Crippen LogP contribution in [0.2, 0.25) is 0 Å². The van der Waals surface area contributed by atoms with E-state index >= 15 is 0 Å². The van der Waals surface area contributed by atoms with Crippen molar-refractivity contribution in [3.63, 3.8) is 0 Å². The number of hydrogen-bond acceptors (Lipinski definition) is 5. The molecule has 0 amide bonds. The molecule has 2 heterocycles. The highest BCUT2D eigenvalue weighted by Crippen LogP contribution is 2.21. The quantitative estimate of drug-likeness (QED) is 0.770. The zero-order valence-electron chi connectivity index (χ0n) is 13.3. The van der Waals surface area contributed by atoms with Crippen molar-refractivity contribution in [3.05, 3.63) is 57.0 Å². The van der Waals surface area contributed by atoms with Crippen molar-refractivity contribution in [2.45, 2.75) is 20.4 Å². The zero-order chi connectivity index (χ0) is 17.3. The Kier molecular flexibility index (Phi) is 4.35. The van der Waals surface area contributed by atoms with Gasteiger partial charge in [-0.3, -0.25) is 9.36 Å². The van der Waals surface area contributed by atoms with Crippen LogP contribution in [-0.4, -0.2) is 27.2 Å². The van der Waals surface area contributed by atoms with E-state index in [4.69, 9.17) is 4.74 Å². The van der Waals surface area contributed by atoms with Crippen molar-refractivity contribution in [1.82, 2.24) is 9.55 Å². The van der Waals surface area contributed by atoms with Crippen LogP contribution < -0.4 is 10.3 Å². The first-order chi connectivity index (χ1) is 11.5. The van der Waals surface area contributed by atoms with Crippen LogP contribution >= 0.6 is 11.3 Å². The van der Waals surface area contributed by atoms with Crippen molar-refractivity contribution in [2.24, 2.45) is 0 Å². The first-order valence-electron chi connectivity index (χ1n) is 7.39. The lowest BCUT2D eigenvalue weighted by molar-refractivity contribution is 0.0699. The van der Waals surface area contributed by atoms with E-state index in [-0.39, 0.29) is 16.5 Å². The van der Waals surface area contributed by atoms with Gasteiger partial charge in [-0.2, -0.15) is 0 Å². The van der Waals surface area contributed by atoms with Crippen molar-refractivity contribution in [1.29, 1.82) is 0 Å². The van der Waals surface area contributed by atoms with Gasteiger partial charge in [0, 0.05) is 5.38 Å². The summed E-state index contributed by atoms with van der Waals surface area (Å²) in [7, 11) is 0. The fourth-order valence-corrected chi connectivity index (χ4v) is 3.38. The lowest BCUT2D eigenvalue weighted by Crippen LogP contribution is -2.27. The number of aryl methyl sites for hydroxylation is 2. The van der Waals surface area contributed by atoms with Crippen molar-refractivity contribution >= 4 is 27.5 Å². The third-order valence-electron chi connectivity index (χ3n) is 3.72. The maximum absolute atomic E-state index is 12.6. The smallest absolute Gasteiger partial charge is 0.337 e. The van der Waals surface area contributed by atoms with E-state index in [1.165, 1.54) is 9.95 Å². The molecule has 3 rings (SSSR count). The molecule has 0 bridgehead atoms. The van der Waals surface area contributed by atoms with Crippen molar-refractivity contribution < 1.29 is 14.6 Å². The van der Waals surface area contributed by atoms with Crippen LogP contribution in [0.25, 0.3) is 10.2 Å². The maximum atomic E-state index is 12.6. The van der Waals surface area contributed by atoms with E-state index in [1.54, 1.807) is 6.92 Å². The summed E-state index contributed by atoms with van der Waals surface area (Å²) in [6.07, 6.45) is 0. The number of hydrogen-bond donors (Lipinski definition) is 1. The van der Waals surface area contributed by atoms with Gasteiger partial charge in [-0.1, -0.05) is 17.7 Å². The second-order valence-electron chi connectivity index (χ2n) is 5.41. The van der Waals surface area contributed by atoms with Crippen LogP contribution in [0.5, 0.6) is 5.75 Å². The van der Waals surface area contributed by atoms with Gasteiger partial charge < -0.3 is 9.84 Å². The molecule has 0 unspecified atom stereocenters. The molecule has 0 spiro atoms. The monoisotopic (exact) mass is 344 g/mol. The fourth-order valence-electron chi connectivity index (χ4n) is 2.44. The van der Waals surface area contributed by atoms with Crippen LogP contribution in [0.3, 0.4) is 0 Å². The molecule has 0 radical (unpaired) electrons. The van der Waals surface area contributed by atoms with Crippen LogP contribution in [0.1, 0.15) is 21.7 Å². The molecule has 0 saturated heterocycles. The number of carboxylic acid groups (broad SMARTS) is 1. The molecule has 0 aliphatic carbocycles. The fraction of sp³-hybridized carbons (Fsp3) is 0.235. The summed E-state index contributed by atoms with van der Waals surface area (Å²) >= 11 is 1.16. The molecule has 0 aliphatic rings. The SMILES string of the molecule is Cc1ccc(OCCn2c(C)nc3scc(C(=O)O)c3c2=O)cc1. The van der Waals surface area contributed by atoms with Gasteiger partial charge in [0.2, 0.25) is 0 Å². The molecule has 124 valence electrons. The summed E-state index contributed by atoms with van der Waals surface area (Å²) in [5, 5.41) is 10.8. The summed E-state index contributed by atoms with van der Waals surface area (Å²) < 4.78 is 7.10. The number of rotatable bonds is 5. The summed E-state index contributed by atoms with van der Waals surface area (Å²) in [6, 6.07) is 7.64. The molecule has 2 aromatic heterocycles. The minimum atomic E-state index is -1.12. The molecule has 0 atom stereocenters. The van der Waals surface area contributed by atoms with Gasteiger partial charge in [-0.15, -0.1) is 11.3 Å². The maximum Gasteiger partial charge on any atom is 0.337 e. The van der Waals surface area contributed by atoms with E-state index in [9.17, 15) is 14.7 Å². The van der Waals surface area contributed by atoms with E-state index in [2.05, 4.69) is 4.98 Å². The summed E-state index contributed by atoms with van der Waals surface area (Å²) in [5.74, 6) is 0.146. The number of thiophene rings is 1. The largest absolute Gasteiger partial charge is 0.492 e. The lowest BCUT2D eigenvalue weighted by atomic mass is 10.2. The number of carbonyl (C=O) groups is 1. The van der Waals surface area contributed by atoms with Gasteiger partial charge >= 0.3 is 5.97 Å². The topological polar surface area (TPSA) is 81.4 Å². The van der Waals surface area contributed by atoms with Crippen molar-refractivity contribution in [3.8, 4) is 5.75 Å².